The number of anilines is 1. The number of benzene rings is 3. The molecule has 0 aliphatic heterocycles. The maximum absolute atomic E-state index is 12.1. The first-order valence-corrected chi connectivity index (χ1v) is 9.75. The van der Waals surface area contributed by atoms with Gasteiger partial charge in [0.15, 0.2) is 17.3 Å². The third kappa shape index (κ3) is 4.47. The number of hydrogen-bond donors (Lipinski definition) is 2. The van der Waals surface area contributed by atoms with Crippen molar-refractivity contribution < 1.29 is 13.9 Å². The minimum Gasteiger partial charge on any atom is -0.484 e. The Morgan fingerprint density at radius 3 is 2.60 bits per heavy atom. The summed E-state index contributed by atoms with van der Waals surface area (Å²) in [7, 11) is 0. The minimum absolute atomic E-state index is 0.131. The predicted octanol–water partition coefficient (Wildman–Crippen LogP) is 4.70. The summed E-state index contributed by atoms with van der Waals surface area (Å²) in [5, 5.41) is 5.87. The number of hydrogen-bond acceptors (Lipinski definition) is 5. The van der Waals surface area contributed by atoms with E-state index in [1.165, 1.54) is 0 Å². The molecule has 30 heavy (non-hydrogen) atoms. The highest BCUT2D eigenvalue weighted by Gasteiger charge is 2.14. The lowest BCUT2D eigenvalue weighted by atomic mass is 10.1. The maximum Gasteiger partial charge on any atom is 0.264 e. The number of carbonyl (C=O) groups is 1. The smallest absolute Gasteiger partial charge is 0.264 e. The molecule has 0 saturated heterocycles. The van der Waals surface area contributed by atoms with Crippen LogP contribution in [0.5, 0.6) is 5.75 Å². The fourth-order valence-corrected chi connectivity index (χ4v) is 3.20. The Kier molecular flexibility index (Phi) is 5.72. The fourth-order valence-electron chi connectivity index (χ4n) is 2.97. The molecule has 7 heteroatoms. The van der Waals surface area contributed by atoms with Crippen molar-refractivity contribution in [2.75, 3.05) is 11.9 Å². The van der Waals surface area contributed by atoms with E-state index < -0.39 is 0 Å². The molecule has 1 aromatic heterocycles. The Hall–Kier alpha value is -3.71. The SMILES string of the molecule is Cc1c(NC(=S)NC(=O)COc2ccccc2)cccc1-c1nc2ccccc2o1. The molecule has 0 spiro atoms. The van der Waals surface area contributed by atoms with Crippen LogP contribution in [0.3, 0.4) is 0 Å². The van der Waals surface area contributed by atoms with Crippen LogP contribution in [0.25, 0.3) is 22.6 Å². The molecule has 0 unspecified atom stereocenters. The van der Waals surface area contributed by atoms with E-state index in [-0.39, 0.29) is 17.6 Å². The third-order valence-corrected chi connectivity index (χ3v) is 4.68. The molecule has 4 rings (SSSR count). The summed E-state index contributed by atoms with van der Waals surface area (Å²) < 4.78 is 11.3. The number of carbonyl (C=O) groups excluding carboxylic acids is 1. The van der Waals surface area contributed by atoms with Crippen molar-refractivity contribution in [1.29, 1.82) is 0 Å². The highest BCUT2D eigenvalue weighted by Crippen LogP contribution is 2.30. The van der Waals surface area contributed by atoms with Gasteiger partial charge in [-0.15, -0.1) is 0 Å². The minimum atomic E-state index is -0.343. The number of para-hydroxylation sites is 3. The molecule has 1 heterocycles. The molecule has 0 atom stereocenters. The van der Waals surface area contributed by atoms with Gasteiger partial charge < -0.3 is 14.5 Å². The van der Waals surface area contributed by atoms with Gasteiger partial charge in [-0.1, -0.05) is 36.4 Å². The Labute approximate surface area is 178 Å². The van der Waals surface area contributed by atoms with Crippen LogP contribution in [0.4, 0.5) is 5.69 Å². The van der Waals surface area contributed by atoms with E-state index >= 15 is 0 Å². The second kappa shape index (κ2) is 8.75. The lowest BCUT2D eigenvalue weighted by Gasteiger charge is -2.13. The standard InChI is InChI=1S/C23H19N3O3S/c1-15-17(22-24-19-11-5-6-13-20(19)29-22)10-7-12-18(15)25-23(30)26-21(27)14-28-16-8-3-2-4-9-16/h2-13H,14H2,1H3,(H2,25,26,27,30). The van der Waals surface area contributed by atoms with Crippen molar-refractivity contribution in [1.82, 2.24) is 10.3 Å². The molecule has 1 amide bonds. The average molecular weight is 417 g/mol. The molecule has 0 fully saturated rings. The number of aromatic nitrogens is 1. The number of amides is 1. The lowest BCUT2D eigenvalue weighted by Crippen LogP contribution is -2.37. The molecule has 0 aliphatic carbocycles. The summed E-state index contributed by atoms with van der Waals surface area (Å²) in [6.07, 6.45) is 0. The topological polar surface area (TPSA) is 76.4 Å². The first kappa shape index (κ1) is 19.6. The molecule has 0 aliphatic rings. The number of fused-ring (bicyclic) bond motifs is 1. The lowest BCUT2D eigenvalue weighted by molar-refractivity contribution is -0.121. The van der Waals surface area contributed by atoms with Gasteiger partial charge in [0.05, 0.1) is 0 Å². The highest BCUT2D eigenvalue weighted by molar-refractivity contribution is 7.80. The first-order valence-electron chi connectivity index (χ1n) is 9.34. The number of ether oxygens (including phenoxy) is 1. The zero-order valence-corrected chi connectivity index (χ0v) is 17.0. The van der Waals surface area contributed by atoms with Crippen LogP contribution in [0.1, 0.15) is 5.56 Å². The van der Waals surface area contributed by atoms with Crippen molar-refractivity contribution in [3.05, 3.63) is 78.4 Å². The van der Waals surface area contributed by atoms with Crippen LogP contribution >= 0.6 is 12.2 Å². The fraction of sp³-hybridized carbons (Fsp3) is 0.0870. The van der Waals surface area contributed by atoms with Gasteiger partial charge in [-0.05, 0) is 61.1 Å². The number of nitrogens with one attached hydrogen (secondary N) is 2. The van der Waals surface area contributed by atoms with Crippen molar-refractivity contribution in [2.45, 2.75) is 6.92 Å². The molecule has 6 nitrogen and oxygen atoms in total. The summed E-state index contributed by atoms with van der Waals surface area (Å²) >= 11 is 5.28. The average Bonchev–Trinajstić information content (AvgIpc) is 3.18. The molecule has 0 radical (unpaired) electrons. The van der Waals surface area contributed by atoms with Gasteiger partial charge in [0, 0.05) is 11.3 Å². The van der Waals surface area contributed by atoms with E-state index in [2.05, 4.69) is 15.6 Å². The molecule has 0 saturated carbocycles. The molecular formula is C23H19N3O3S. The Morgan fingerprint density at radius 1 is 1.03 bits per heavy atom. The van der Waals surface area contributed by atoms with E-state index in [0.717, 1.165) is 27.9 Å². The van der Waals surface area contributed by atoms with Gasteiger partial charge in [-0.3, -0.25) is 10.1 Å². The quantitative estimate of drug-likeness (QED) is 0.459. The van der Waals surface area contributed by atoms with Gasteiger partial charge in [-0.2, -0.15) is 0 Å². The first-order chi connectivity index (χ1) is 14.6. The largest absolute Gasteiger partial charge is 0.484 e. The zero-order chi connectivity index (χ0) is 20.9. The van der Waals surface area contributed by atoms with E-state index in [0.29, 0.717) is 11.6 Å². The van der Waals surface area contributed by atoms with Crippen LogP contribution in [-0.2, 0) is 4.79 Å². The number of thiocarbonyl (C=S) groups is 1. The Bertz CT molecular complexity index is 1170. The van der Waals surface area contributed by atoms with Crippen LogP contribution in [-0.4, -0.2) is 22.6 Å². The predicted molar refractivity (Wildman–Crippen MR) is 120 cm³/mol. The van der Waals surface area contributed by atoms with Crippen molar-refractivity contribution in [2.24, 2.45) is 0 Å². The van der Waals surface area contributed by atoms with Gasteiger partial charge in [0.2, 0.25) is 5.89 Å². The third-order valence-electron chi connectivity index (χ3n) is 4.47. The monoisotopic (exact) mass is 417 g/mol. The van der Waals surface area contributed by atoms with Gasteiger partial charge in [0.1, 0.15) is 11.3 Å². The summed E-state index contributed by atoms with van der Waals surface area (Å²) in [4.78, 5) is 16.7. The summed E-state index contributed by atoms with van der Waals surface area (Å²) in [5.41, 5.74) is 4.03. The second-order valence-electron chi connectivity index (χ2n) is 6.57. The van der Waals surface area contributed by atoms with Gasteiger partial charge >= 0.3 is 0 Å². The van der Waals surface area contributed by atoms with E-state index in [1.807, 2.05) is 67.6 Å². The van der Waals surface area contributed by atoms with E-state index in [9.17, 15) is 4.79 Å². The summed E-state index contributed by atoms with van der Waals surface area (Å²) in [6, 6.07) is 22.4. The van der Waals surface area contributed by atoms with Crippen LogP contribution in [0.2, 0.25) is 0 Å². The molecular weight excluding hydrogens is 398 g/mol. The number of nitrogens with zero attached hydrogens (tertiary/aromatic N) is 1. The van der Waals surface area contributed by atoms with E-state index in [1.54, 1.807) is 12.1 Å². The van der Waals surface area contributed by atoms with E-state index in [4.69, 9.17) is 21.4 Å². The van der Waals surface area contributed by atoms with Crippen LogP contribution < -0.4 is 15.4 Å². The van der Waals surface area contributed by atoms with Crippen LogP contribution in [0, 0.1) is 6.92 Å². The number of oxazole rings is 1. The van der Waals surface area contributed by atoms with Crippen LogP contribution in [0.15, 0.2) is 77.2 Å². The zero-order valence-electron chi connectivity index (χ0n) is 16.2. The number of rotatable bonds is 5. The molecule has 3 aromatic carbocycles. The van der Waals surface area contributed by atoms with Crippen molar-refractivity contribution in [3.63, 3.8) is 0 Å². The van der Waals surface area contributed by atoms with Crippen molar-refractivity contribution >= 4 is 40.0 Å². The molecule has 0 bridgehead atoms. The highest BCUT2D eigenvalue weighted by atomic mass is 32.1. The van der Waals surface area contributed by atoms with Gasteiger partial charge in [-0.25, -0.2) is 4.98 Å². The molecule has 150 valence electrons. The maximum atomic E-state index is 12.1. The second-order valence-corrected chi connectivity index (χ2v) is 6.98. The Balaban J connectivity index is 1.42. The Morgan fingerprint density at radius 2 is 1.80 bits per heavy atom. The van der Waals surface area contributed by atoms with Gasteiger partial charge in [0.25, 0.3) is 5.91 Å². The normalized spacial score (nSPS) is 10.6. The summed E-state index contributed by atoms with van der Waals surface area (Å²) in [5.74, 6) is 0.807. The summed E-state index contributed by atoms with van der Waals surface area (Å²) in [6.45, 7) is 1.81. The molecule has 4 aromatic rings. The van der Waals surface area contributed by atoms with Crippen molar-refractivity contribution in [3.8, 4) is 17.2 Å². The molecule has 2 N–H and O–H groups in total.